The van der Waals surface area contributed by atoms with Crippen molar-refractivity contribution < 1.29 is 47.7 Å². The van der Waals surface area contributed by atoms with Crippen molar-refractivity contribution in [1.29, 1.82) is 0 Å². The van der Waals surface area contributed by atoms with Crippen molar-refractivity contribution in [2.45, 2.75) is 135 Å². The highest BCUT2D eigenvalue weighted by Crippen LogP contribution is 2.43. The Morgan fingerprint density at radius 2 is 1.25 bits per heavy atom. The maximum atomic E-state index is 15.1. The second kappa shape index (κ2) is 21.2. The SMILES string of the molecule is C=CCC[C@H]1CCC[C@@H](NC(=O)[C@H](Cc2cn(C(=O)OC(C)(C)C)c3ccccc23)NC(=O)[C@H](Cc2cn(C(=O)OC(C)(C)C)c3ccccc23)NC(=O)OCc2ccccc2)C12OCCCO2. The molecule has 3 amide bonds. The summed E-state index contributed by atoms with van der Waals surface area (Å²) >= 11 is 0. The topological polar surface area (TPSA) is 177 Å². The molecule has 362 valence electrons. The summed E-state index contributed by atoms with van der Waals surface area (Å²) in [6, 6.07) is 20.5. The third-order valence-corrected chi connectivity index (χ3v) is 12.2. The van der Waals surface area contributed by atoms with Crippen molar-refractivity contribution in [2.75, 3.05) is 13.2 Å². The lowest BCUT2D eigenvalue weighted by molar-refractivity contribution is -0.317. The fraction of sp³-hybridized carbons (Fsp3) is 0.453. The Morgan fingerprint density at radius 3 is 1.79 bits per heavy atom. The molecule has 0 unspecified atom stereocenters. The van der Waals surface area contributed by atoms with Crippen LogP contribution in [0.15, 0.2) is 104 Å². The van der Waals surface area contributed by atoms with Crippen LogP contribution in [-0.2, 0) is 52.7 Å². The van der Waals surface area contributed by atoms with Crippen molar-refractivity contribution >= 4 is 51.9 Å². The summed E-state index contributed by atoms with van der Waals surface area (Å²) in [7, 11) is 0. The second-order valence-electron chi connectivity index (χ2n) is 19.6. The number of fused-ring (bicyclic) bond motifs is 2. The number of rotatable bonds is 14. The van der Waals surface area contributed by atoms with E-state index in [1.807, 2.05) is 60.7 Å². The zero-order valence-electron chi connectivity index (χ0n) is 40.0. The zero-order chi connectivity index (χ0) is 48.6. The molecule has 1 spiro atoms. The Bertz CT molecular complexity index is 2600. The zero-order valence-corrected chi connectivity index (χ0v) is 40.0. The number of alkyl carbamates (subject to hydrolysis) is 1. The van der Waals surface area contributed by atoms with Gasteiger partial charge in [-0.1, -0.05) is 79.2 Å². The summed E-state index contributed by atoms with van der Waals surface area (Å²) in [5.41, 5.74) is 1.41. The molecule has 3 aromatic carbocycles. The summed E-state index contributed by atoms with van der Waals surface area (Å²) < 4.78 is 32.9. The lowest BCUT2D eigenvalue weighted by Gasteiger charge is -2.50. The molecule has 5 aromatic rings. The predicted molar refractivity (Wildman–Crippen MR) is 258 cm³/mol. The Balaban J connectivity index is 1.25. The number of hydrogen-bond acceptors (Lipinski definition) is 10. The minimum Gasteiger partial charge on any atom is -0.445 e. The van der Waals surface area contributed by atoms with Crippen molar-refractivity contribution in [1.82, 2.24) is 25.1 Å². The summed E-state index contributed by atoms with van der Waals surface area (Å²) in [6.07, 6.45) is 7.33. The molecule has 15 heteroatoms. The van der Waals surface area contributed by atoms with Crippen LogP contribution in [0, 0.1) is 5.92 Å². The quantitative estimate of drug-likeness (QED) is 0.0719. The third-order valence-electron chi connectivity index (χ3n) is 12.2. The van der Waals surface area contributed by atoms with Gasteiger partial charge < -0.3 is 39.6 Å². The van der Waals surface area contributed by atoms with Gasteiger partial charge >= 0.3 is 18.3 Å². The Morgan fingerprint density at radius 1 is 0.721 bits per heavy atom. The molecule has 15 nitrogen and oxygen atoms in total. The highest BCUT2D eigenvalue weighted by atomic mass is 16.7. The maximum Gasteiger partial charge on any atom is 0.419 e. The minimum absolute atomic E-state index is 0.0158. The van der Waals surface area contributed by atoms with E-state index >= 15 is 9.59 Å². The number of allylic oxidation sites excluding steroid dienone is 1. The monoisotopic (exact) mass is 931 g/mol. The average molecular weight is 932 g/mol. The lowest BCUT2D eigenvalue weighted by atomic mass is 9.76. The number of ether oxygens (including phenoxy) is 5. The van der Waals surface area contributed by atoms with Gasteiger partial charge in [0.25, 0.3) is 0 Å². The third kappa shape index (κ3) is 12.0. The number of aromatic nitrogens is 2. The molecule has 2 aromatic heterocycles. The smallest absolute Gasteiger partial charge is 0.419 e. The van der Waals surface area contributed by atoms with Crippen LogP contribution in [0.1, 0.15) is 96.8 Å². The minimum atomic E-state index is -1.32. The number of nitrogens with zero attached hydrogens (tertiary/aromatic N) is 2. The number of amides is 3. The number of para-hydroxylation sites is 2. The second-order valence-corrected chi connectivity index (χ2v) is 19.6. The van der Waals surface area contributed by atoms with Crippen molar-refractivity contribution in [3.8, 4) is 0 Å². The molecular formula is C53H65N5O10. The molecule has 1 saturated heterocycles. The van der Waals surface area contributed by atoms with Gasteiger partial charge in [0.2, 0.25) is 11.8 Å². The van der Waals surface area contributed by atoms with Gasteiger partial charge in [-0.15, -0.1) is 6.58 Å². The number of carbonyl (C=O) groups excluding carboxylic acids is 5. The summed E-state index contributed by atoms with van der Waals surface area (Å²) in [6.45, 7) is 15.5. The molecule has 0 radical (unpaired) electrons. The van der Waals surface area contributed by atoms with E-state index in [1.165, 1.54) is 9.13 Å². The molecule has 1 aliphatic heterocycles. The fourth-order valence-corrected chi connectivity index (χ4v) is 9.15. The highest BCUT2D eigenvalue weighted by molar-refractivity contribution is 5.96. The molecule has 1 aliphatic carbocycles. The molecule has 0 bridgehead atoms. The molecule has 2 fully saturated rings. The standard InChI is InChI=1S/C53H65N5O10/c1-8-9-21-38-22-17-27-45(53(38)65-28-18-29-66-53)56-47(60)41(30-36-32-57(49(62)67-51(2,3)4)43-25-15-13-23-39(36)43)54-46(59)42(55-48(61)64-34-35-19-11-10-12-20-35)31-37-33-58(50(63)68-52(5,6)7)44-26-16-14-24-40(37)44/h8,10-16,19-20,23-26,32-33,38,41-42,45H,1,9,17-18,21-22,27-31,34H2,2-7H3,(H,54,59)(H,55,61)(H,56,60)/t38-,41-,42-,45+/m0/s1. The van der Waals surface area contributed by atoms with Crippen LogP contribution in [0.4, 0.5) is 14.4 Å². The van der Waals surface area contributed by atoms with E-state index in [1.54, 1.807) is 78.2 Å². The Hall–Kier alpha value is -6.45. The first-order chi connectivity index (χ1) is 32.4. The number of carbonyl (C=O) groups is 5. The van der Waals surface area contributed by atoms with Crippen LogP contribution >= 0.6 is 0 Å². The average Bonchev–Trinajstić information content (AvgIpc) is 3.86. The van der Waals surface area contributed by atoms with Crippen molar-refractivity contribution in [2.24, 2.45) is 5.92 Å². The van der Waals surface area contributed by atoms with Gasteiger partial charge in [-0.05, 0) is 102 Å². The molecule has 3 heterocycles. The molecule has 3 N–H and O–H groups in total. The van der Waals surface area contributed by atoms with Crippen LogP contribution in [0.25, 0.3) is 21.8 Å². The van der Waals surface area contributed by atoms with Crippen LogP contribution in [0.5, 0.6) is 0 Å². The number of nitrogens with one attached hydrogen (secondary N) is 3. The lowest BCUT2D eigenvalue weighted by Crippen LogP contribution is -2.65. The molecule has 2 aliphatic rings. The van der Waals surface area contributed by atoms with E-state index in [0.717, 1.165) is 37.7 Å². The van der Waals surface area contributed by atoms with E-state index in [-0.39, 0.29) is 25.4 Å². The van der Waals surface area contributed by atoms with Crippen LogP contribution in [0.2, 0.25) is 0 Å². The van der Waals surface area contributed by atoms with Crippen LogP contribution in [0.3, 0.4) is 0 Å². The molecule has 7 rings (SSSR count). The van der Waals surface area contributed by atoms with Crippen molar-refractivity contribution in [3.63, 3.8) is 0 Å². The maximum absolute atomic E-state index is 15.1. The summed E-state index contributed by atoms with van der Waals surface area (Å²) in [5.74, 6) is -2.30. The van der Waals surface area contributed by atoms with Crippen LogP contribution in [-0.4, -0.2) is 87.6 Å². The van der Waals surface area contributed by atoms with Gasteiger partial charge in [0, 0.05) is 41.9 Å². The Labute approximate surface area is 397 Å². The van der Waals surface area contributed by atoms with Gasteiger partial charge in [-0.2, -0.15) is 0 Å². The fourth-order valence-electron chi connectivity index (χ4n) is 9.15. The van der Waals surface area contributed by atoms with Gasteiger partial charge in [0.05, 0.1) is 30.3 Å². The summed E-state index contributed by atoms with van der Waals surface area (Å²) in [4.78, 5) is 70.9. The highest BCUT2D eigenvalue weighted by Gasteiger charge is 2.52. The largest absolute Gasteiger partial charge is 0.445 e. The van der Waals surface area contributed by atoms with Gasteiger partial charge in [-0.25, -0.2) is 14.4 Å². The van der Waals surface area contributed by atoms with E-state index in [4.69, 9.17) is 23.7 Å². The first-order valence-electron chi connectivity index (χ1n) is 23.6. The Kier molecular flexibility index (Phi) is 15.4. The first kappa shape index (κ1) is 49.5. The van der Waals surface area contributed by atoms with E-state index in [9.17, 15) is 14.4 Å². The molecule has 68 heavy (non-hydrogen) atoms. The van der Waals surface area contributed by atoms with Crippen molar-refractivity contribution in [3.05, 3.63) is 121 Å². The summed E-state index contributed by atoms with van der Waals surface area (Å²) in [5, 5.41) is 10.3. The molecule has 4 atom stereocenters. The van der Waals surface area contributed by atoms with Crippen LogP contribution < -0.4 is 16.0 Å². The molecular weight excluding hydrogens is 867 g/mol. The number of hydrogen-bond donors (Lipinski definition) is 3. The van der Waals surface area contributed by atoms with E-state index in [2.05, 4.69) is 22.5 Å². The van der Waals surface area contributed by atoms with E-state index in [0.29, 0.717) is 52.6 Å². The van der Waals surface area contributed by atoms with E-state index < -0.39 is 65.2 Å². The normalized spacial score (nSPS) is 18.0. The van der Waals surface area contributed by atoms with Gasteiger partial charge in [0.1, 0.15) is 29.9 Å². The molecule has 1 saturated carbocycles. The number of benzene rings is 3. The van der Waals surface area contributed by atoms with Gasteiger partial charge in [-0.3, -0.25) is 18.7 Å². The first-order valence-corrected chi connectivity index (χ1v) is 23.6. The van der Waals surface area contributed by atoms with Gasteiger partial charge in [0.15, 0.2) is 5.79 Å². The predicted octanol–water partition coefficient (Wildman–Crippen LogP) is 9.11.